The summed E-state index contributed by atoms with van der Waals surface area (Å²) in [7, 11) is -12.4. The number of nitrogens with zero attached hydrogens (tertiary/aromatic N) is 1. The van der Waals surface area contributed by atoms with Gasteiger partial charge in [-0.3, -0.25) is 9.59 Å². The first-order valence-corrected chi connectivity index (χ1v) is 29.0. The van der Waals surface area contributed by atoms with Crippen LogP contribution in [0.3, 0.4) is 0 Å². The maximum atomic E-state index is 13.9. The van der Waals surface area contributed by atoms with Crippen LogP contribution in [0.5, 0.6) is 0 Å². The average Bonchev–Trinajstić information content (AvgIpc) is 3.30. The molecule has 10 atom stereocenters. The third-order valence-corrected chi connectivity index (χ3v) is 18.5. The monoisotopic (exact) mass is 1040 g/mol. The number of rotatable bonds is 18. The molecule has 0 aliphatic carbocycles. The Hall–Kier alpha value is -3.16. The van der Waals surface area contributed by atoms with Crippen LogP contribution >= 0.6 is 15.1 Å². The Labute approximate surface area is 413 Å². The molecule has 0 unspecified atom stereocenters. The van der Waals surface area contributed by atoms with Gasteiger partial charge in [-0.05, 0) is 102 Å². The molecule has 1 aliphatic rings. The fraction of sp³-hybridized carbons (Fsp3) is 0.623. The van der Waals surface area contributed by atoms with E-state index in [2.05, 4.69) is 91.0 Å². The fourth-order valence-corrected chi connectivity index (χ4v) is 14.4. The molecule has 1 aliphatic heterocycles. The molecule has 1 saturated heterocycles. The number of cyclic esters (lactones) is 1. The summed E-state index contributed by atoms with van der Waals surface area (Å²) in [6, 6.07) is 32.5. The number of aliphatic hydroxyl groups excluding tert-OH is 3. The van der Waals surface area contributed by atoms with Crippen LogP contribution in [0.25, 0.3) is 0 Å². The number of aliphatic hydroxyl groups is 5. The zero-order valence-corrected chi connectivity index (χ0v) is 44.0. The average molecular weight is 1040 g/mol. The molecule has 0 bridgehead atoms. The van der Waals surface area contributed by atoms with Crippen LogP contribution in [0.4, 0.5) is 25.2 Å². The number of carbonyl (C=O) groups is 2. The van der Waals surface area contributed by atoms with E-state index in [0.717, 1.165) is 25.4 Å². The van der Waals surface area contributed by atoms with Gasteiger partial charge in [0.25, 0.3) is 0 Å². The topological polar surface area (TPSA) is 148 Å². The minimum absolute atomic E-state index is 0.101. The van der Waals surface area contributed by atoms with E-state index in [1.807, 2.05) is 6.92 Å². The van der Waals surface area contributed by atoms with Crippen LogP contribution in [-0.4, -0.2) is 96.7 Å². The molecule has 1 amide bonds. The molecule has 5 N–H and O–H groups in total. The Balaban J connectivity index is 0.00000171. The van der Waals surface area contributed by atoms with Crippen molar-refractivity contribution in [2.45, 2.75) is 180 Å². The summed E-state index contributed by atoms with van der Waals surface area (Å²) in [6.45, 7) is 11.4. The van der Waals surface area contributed by atoms with Gasteiger partial charge in [-0.1, -0.05) is 127 Å². The predicted octanol–water partition coefficient (Wildman–Crippen LogP) is 11.5. The third kappa shape index (κ3) is 19.4. The molecular formula is C53H81F6NO8P2. The van der Waals surface area contributed by atoms with Gasteiger partial charge in [0.05, 0.1) is 35.9 Å². The van der Waals surface area contributed by atoms with Crippen molar-refractivity contribution in [3.8, 4) is 0 Å². The van der Waals surface area contributed by atoms with Gasteiger partial charge in [-0.15, -0.1) is 0 Å². The Morgan fingerprint density at radius 2 is 1.06 bits per heavy atom. The van der Waals surface area contributed by atoms with E-state index in [1.54, 1.807) is 25.7 Å². The Bertz CT molecular complexity index is 1910. The molecule has 398 valence electrons. The normalized spacial score (nSPS) is 28.5. The van der Waals surface area contributed by atoms with Crippen LogP contribution in [0.2, 0.25) is 0 Å². The third-order valence-electron chi connectivity index (χ3n) is 14.0. The van der Waals surface area contributed by atoms with Crippen molar-refractivity contribution < 1.29 is 65.0 Å². The van der Waals surface area contributed by atoms with Crippen molar-refractivity contribution in [3.63, 3.8) is 0 Å². The van der Waals surface area contributed by atoms with Gasteiger partial charge in [0.2, 0.25) is 5.91 Å². The number of halogens is 6. The summed E-state index contributed by atoms with van der Waals surface area (Å²) >= 11 is 0. The van der Waals surface area contributed by atoms with Crippen molar-refractivity contribution in [1.82, 2.24) is 4.90 Å². The van der Waals surface area contributed by atoms with Crippen LogP contribution in [0.15, 0.2) is 91.0 Å². The van der Waals surface area contributed by atoms with E-state index in [9.17, 15) is 60.3 Å². The van der Waals surface area contributed by atoms with Gasteiger partial charge in [-0.25, -0.2) is 0 Å². The summed E-state index contributed by atoms with van der Waals surface area (Å²) in [4.78, 5) is 28.7. The summed E-state index contributed by atoms with van der Waals surface area (Å²) in [5.41, 5.74) is -3.55. The molecular weight excluding hydrogens is 955 g/mol. The summed E-state index contributed by atoms with van der Waals surface area (Å²) < 4.78 is 64.9. The van der Waals surface area contributed by atoms with Crippen molar-refractivity contribution in [3.05, 3.63) is 91.0 Å². The molecule has 1 heterocycles. The number of carbonyl (C=O) groups excluding carboxylic acids is 2. The predicted molar refractivity (Wildman–Crippen MR) is 272 cm³/mol. The van der Waals surface area contributed by atoms with E-state index >= 15 is 0 Å². The van der Waals surface area contributed by atoms with E-state index in [0.29, 0.717) is 6.42 Å². The molecule has 1 fully saturated rings. The van der Waals surface area contributed by atoms with Crippen molar-refractivity contribution in [2.24, 2.45) is 17.8 Å². The second-order valence-corrected chi connectivity index (χ2v) is 25.7. The molecule has 4 rings (SSSR count). The number of amides is 1. The second kappa shape index (κ2) is 25.7. The van der Waals surface area contributed by atoms with Gasteiger partial charge >= 0.3 is 39.0 Å². The molecule has 9 nitrogen and oxygen atoms in total. The number of ether oxygens (including phenoxy) is 1. The molecule has 70 heavy (non-hydrogen) atoms. The van der Waals surface area contributed by atoms with Gasteiger partial charge in [0.1, 0.15) is 41.0 Å². The molecule has 0 aromatic heterocycles. The first kappa shape index (κ1) is 61.1. The Kier molecular flexibility index (Phi) is 22.4. The van der Waals surface area contributed by atoms with Gasteiger partial charge < -0.3 is 35.2 Å². The van der Waals surface area contributed by atoms with Crippen LogP contribution < -0.4 is 15.9 Å². The van der Waals surface area contributed by atoms with Crippen molar-refractivity contribution in [1.29, 1.82) is 0 Å². The minimum atomic E-state index is -10.7. The maximum absolute atomic E-state index is 13.9. The summed E-state index contributed by atoms with van der Waals surface area (Å²) in [6.07, 6.45) is 8.70. The van der Waals surface area contributed by atoms with E-state index in [4.69, 9.17) is 4.74 Å². The molecule has 17 heteroatoms. The first-order chi connectivity index (χ1) is 32.4. The van der Waals surface area contributed by atoms with Crippen LogP contribution in [0, 0.1) is 17.8 Å². The van der Waals surface area contributed by atoms with Crippen molar-refractivity contribution in [2.75, 3.05) is 12.7 Å². The summed E-state index contributed by atoms with van der Waals surface area (Å²) in [5.74, 6) is -3.21. The second-order valence-electron chi connectivity index (χ2n) is 20.2. The van der Waals surface area contributed by atoms with Gasteiger partial charge in [0, 0.05) is 18.9 Å². The molecule has 0 spiro atoms. The number of hydrogen-bond donors (Lipinski definition) is 5. The fourth-order valence-electron chi connectivity index (χ4n) is 10.0. The molecule has 3 aromatic rings. The van der Waals surface area contributed by atoms with Crippen molar-refractivity contribution >= 4 is 42.9 Å². The van der Waals surface area contributed by atoms with Crippen LogP contribution in [-0.2, 0) is 14.3 Å². The number of esters is 1. The molecule has 3 aromatic carbocycles. The van der Waals surface area contributed by atoms with Crippen LogP contribution in [0.1, 0.15) is 138 Å². The number of hydrogen-bond acceptors (Lipinski definition) is 8. The standard InChI is InChI=1S/C53H81NO8P.F6P/c1-8-46-53(7,61)50(58)42(5)54(38-39(2)37-52(6,60)49(57)40(3)48(56)41(4)51(59)62-46)47(55)35-27-16-14-12-10-9-11-13-15-17-28-36-63(43-29-21-18-22-30-43,44-31-23-19-24-32-44)45-33-25-20-26-34-45;1-7(2,3,4,5)6/h18-26,29-34,39-42,46,48-50,56-58,60-61H,8-17,27-28,35-38H2,1-7H3;/q+1;-1/t39-,40+,41-,42-,46-,48+,49-,50-,52-,53-;/m1./s1. The summed E-state index contributed by atoms with van der Waals surface area (Å²) in [5, 5.41) is 61.3. The van der Waals surface area contributed by atoms with E-state index in [1.165, 1.54) is 81.6 Å². The van der Waals surface area contributed by atoms with E-state index in [-0.39, 0.29) is 37.6 Å². The SMILES string of the molecule is CC[C@H]1OC(=O)[C@H](C)[C@@H](O)[C@H](C)[C@@H](O)[C@](C)(O)C[C@@H](C)CN(C(=O)CCCCCCCCCCCCC[P+](c2ccccc2)(c2ccccc2)c2ccccc2)[C@H](C)[C@@H](O)[C@]1(C)O.F[P-](F)(F)(F)(F)F. The Morgan fingerprint density at radius 3 is 1.46 bits per heavy atom. The quantitative estimate of drug-likeness (QED) is 0.0366. The zero-order chi connectivity index (χ0) is 52.6. The number of benzene rings is 3. The van der Waals surface area contributed by atoms with Gasteiger partial charge in [-0.2, -0.15) is 0 Å². The van der Waals surface area contributed by atoms with E-state index < -0.39 is 74.5 Å². The number of unbranched alkanes of at least 4 members (excludes halogenated alkanes) is 10. The molecule has 0 saturated carbocycles. The molecule has 0 radical (unpaired) electrons. The first-order valence-electron chi connectivity index (χ1n) is 25.0. The zero-order valence-electron chi connectivity index (χ0n) is 42.2. The Morgan fingerprint density at radius 1 is 0.671 bits per heavy atom. The van der Waals surface area contributed by atoms with Gasteiger partial charge in [0.15, 0.2) is 0 Å².